The maximum Gasteiger partial charge on any atom is 0.206 e. The Balaban J connectivity index is 1.72. The molecule has 1 aliphatic rings. The van der Waals surface area contributed by atoms with Crippen molar-refractivity contribution in [3.63, 3.8) is 0 Å². The third-order valence-corrected chi connectivity index (χ3v) is 5.35. The van der Waals surface area contributed by atoms with Crippen LogP contribution in [0.4, 0.5) is 4.39 Å². The number of benzene rings is 1. The maximum absolute atomic E-state index is 13.1. The quantitative estimate of drug-likeness (QED) is 0.593. The first-order chi connectivity index (χ1) is 12.8. The van der Waals surface area contributed by atoms with Gasteiger partial charge in [0.05, 0.1) is 18.5 Å². The number of hydrogen-bond acceptors (Lipinski definition) is 4. The molecule has 0 aliphatic heterocycles. The zero-order valence-corrected chi connectivity index (χ0v) is 15.2. The molecular weight excluding hydrogens is 349 g/mol. The average molecular weight is 369 g/mol. The summed E-state index contributed by atoms with van der Waals surface area (Å²) in [6.45, 7) is 0. The molecule has 134 valence electrons. The lowest BCUT2D eigenvalue weighted by Gasteiger charge is -2.16. The van der Waals surface area contributed by atoms with Gasteiger partial charge in [0, 0.05) is 5.38 Å². The van der Waals surface area contributed by atoms with Crippen LogP contribution in [0, 0.1) is 5.82 Å². The fourth-order valence-corrected chi connectivity index (χ4v) is 4.02. The van der Waals surface area contributed by atoms with E-state index in [1.165, 1.54) is 31.4 Å². The maximum atomic E-state index is 13.1. The summed E-state index contributed by atoms with van der Waals surface area (Å²) in [6, 6.07) is 10.4. The van der Waals surface area contributed by atoms with Crippen LogP contribution in [0.3, 0.4) is 0 Å². The summed E-state index contributed by atoms with van der Waals surface area (Å²) in [5.41, 5.74) is 1.70. The van der Waals surface area contributed by atoms with E-state index in [9.17, 15) is 4.39 Å². The molecule has 1 saturated carbocycles. The van der Waals surface area contributed by atoms with E-state index in [1.54, 1.807) is 35.9 Å². The van der Waals surface area contributed by atoms with Crippen molar-refractivity contribution in [3.8, 4) is 11.5 Å². The Morgan fingerprint density at radius 3 is 2.65 bits per heavy atom. The molecule has 3 aromatic rings. The summed E-state index contributed by atoms with van der Waals surface area (Å²) in [6.07, 6.45) is 9.42. The van der Waals surface area contributed by atoms with Crippen LogP contribution in [-0.2, 0) is 0 Å². The fourth-order valence-electron chi connectivity index (χ4n) is 3.13. The Morgan fingerprint density at radius 2 is 1.92 bits per heavy atom. The van der Waals surface area contributed by atoms with E-state index >= 15 is 0 Å². The van der Waals surface area contributed by atoms with Crippen LogP contribution in [0.5, 0.6) is 0 Å². The van der Waals surface area contributed by atoms with Crippen molar-refractivity contribution in [1.82, 2.24) is 4.68 Å². The lowest BCUT2D eigenvalue weighted by molar-refractivity contribution is 0.435. The average Bonchev–Trinajstić information content (AvgIpc) is 3.32. The summed E-state index contributed by atoms with van der Waals surface area (Å²) >= 11 is 1.57. The van der Waals surface area contributed by atoms with Crippen molar-refractivity contribution in [3.05, 3.63) is 64.2 Å². The standard InChI is InChI=1S/C20H20FN3OS/c21-16-10-8-15(9-11-16)13-22-24-18(19-7-4-12-25-19)14-26-20(24)23-17-5-2-1-3-6-17/h4,7-14,17H,1-3,5-6H2. The second kappa shape index (κ2) is 7.83. The number of furan rings is 1. The van der Waals surface area contributed by atoms with E-state index in [0.717, 1.165) is 34.7 Å². The van der Waals surface area contributed by atoms with Gasteiger partial charge in [-0.15, -0.1) is 11.3 Å². The molecule has 26 heavy (non-hydrogen) atoms. The highest BCUT2D eigenvalue weighted by molar-refractivity contribution is 7.07. The van der Waals surface area contributed by atoms with E-state index in [1.807, 2.05) is 22.2 Å². The van der Waals surface area contributed by atoms with Gasteiger partial charge >= 0.3 is 0 Å². The first-order valence-electron chi connectivity index (χ1n) is 8.88. The summed E-state index contributed by atoms with van der Waals surface area (Å²) < 4.78 is 20.5. The van der Waals surface area contributed by atoms with Crippen LogP contribution < -0.4 is 4.80 Å². The Kier molecular flexibility index (Phi) is 5.11. The van der Waals surface area contributed by atoms with E-state index in [4.69, 9.17) is 9.41 Å². The molecule has 0 atom stereocenters. The van der Waals surface area contributed by atoms with Crippen LogP contribution in [0.1, 0.15) is 37.7 Å². The number of aromatic nitrogens is 1. The Labute approximate surface area is 155 Å². The monoisotopic (exact) mass is 369 g/mol. The smallest absolute Gasteiger partial charge is 0.206 e. The van der Waals surface area contributed by atoms with Gasteiger partial charge in [-0.25, -0.2) is 9.07 Å². The van der Waals surface area contributed by atoms with E-state index < -0.39 is 0 Å². The van der Waals surface area contributed by atoms with E-state index in [0.29, 0.717) is 6.04 Å². The van der Waals surface area contributed by atoms with Gasteiger partial charge in [0.1, 0.15) is 11.5 Å². The third kappa shape index (κ3) is 3.85. The van der Waals surface area contributed by atoms with Gasteiger partial charge in [0.15, 0.2) is 5.76 Å². The molecule has 1 aliphatic carbocycles. The van der Waals surface area contributed by atoms with Crippen molar-refractivity contribution >= 4 is 17.6 Å². The molecule has 4 nitrogen and oxygen atoms in total. The van der Waals surface area contributed by atoms with Crippen LogP contribution in [0.2, 0.25) is 0 Å². The van der Waals surface area contributed by atoms with Gasteiger partial charge in [0.25, 0.3) is 0 Å². The van der Waals surface area contributed by atoms with Crippen LogP contribution in [0.15, 0.2) is 62.6 Å². The summed E-state index contributed by atoms with van der Waals surface area (Å²) in [7, 11) is 0. The van der Waals surface area contributed by atoms with Gasteiger partial charge in [-0.3, -0.25) is 4.99 Å². The molecule has 0 N–H and O–H groups in total. The minimum absolute atomic E-state index is 0.255. The van der Waals surface area contributed by atoms with Crippen LogP contribution >= 0.6 is 11.3 Å². The Morgan fingerprint density at radius 1 is 1.12 bits per heavy atom. The zero-order valence-electron chi connectivity index (χ0n) is 14.3. The van der Waals surface area contributed by atoms with Gasteiger partial charge in [-0.1, -0.05) is 31.4 Å². The second-order valence-corrected chi connectivity index (χ2v) is 7.25. The summed E-state index contributed by atoms with van der Waals surface area (Å²) in [5, 5.41) is 6.63. The zero-order chi connectivity index (χ0) is 17.8. The Bertz CT molecular complexity index is 932. The van der Waals surface area contributed by atoms with Gasteiger partial charge in [-0.2, -0.15) is 5.10 Å². The molecule has 0 saturated heterocycles. The molecule has 2 aromatic heterocycles. The molecule has 0 bridgehead atoms. The van der Waals surface area contributed by atoms with Crippen molar-refractivity contribution in [2.24, 2.45) is 10.1 Å². The predicted molar refractivity (Wildman–Crippen MR) is 102 cm³/mol. The van der Waals surface area contributed by atoms with Gasteiger partial charge in [-0.05, 0) is 42.7 Å². The molecule has 6 heteroatoms. The SMILES string of the molecule is Fc1ccc(C=Nn2c(-c3ccco3)csc2=NC2CCCCC2)cc1. The van der Waals surface area contributed by atoms with Gasteiger partial charge < -0.3 is 4.42 Å². The lowest BCUT2D eigenvalue weighted by atomic mass is 9.96. The van der Waals surface area contributed by atoms with Crippen molar-refractivity contribution in [2.75, 3.05) is 0 Å². The molecular formula is C20H20FN3OS. The summed E-state index contributed by atoms with van der Waals surface area (Å²) in [4.78, 5) is 5.80. The fraction of sp³-hybridized carbons (Fsp3) is 0.300. The molecule has 0 unspecified atom stereocenters. The molecule has 2 heterocycles. The number of halogens is 1. The predicted octanol–water partition coefficient (Wildman–Crippen LogP) is 5.06. The third-order valence-electron chi connectivity index (χ3n) is 4.52. The number of rotatable bonds is 4. The van der Waals surface area contributed by atoms with E-state index in [-0.39, 0.29) is 5.82 Å². The lowest BCUT2D eigenvalue weighted by Crippen LogP contribution is -2.18. The minimum Gasteiger partial charge on any atom is -0.463 e. The number of thiazole rings is 1. The first-order valence-corrected chi connectivity index (χ1v) is 9.76. The molecule has 4 rings (SSSR count). The number of nitrogens with zero attached hydrogens (tertiary/aromatic N) is 3. The van der Waals surface area contributed by atoms with Crippen molar-refractivity contribution in [2.45, 2.75) is 38.1 Å². The molecule has 0 radical (unpaired) electrons. The largest absolute Gasteiger partial charge is 0.463 e. The van der Waals surface area contributed by atoms with E-state index in [2.05, 4.69) is 5.10 Å². The topological polar surface area (TPSA) is 42.8 Å². The highest BCUT2D eigenvalue weighted by atomic mass is 32.1. The molecule has 1 fully saturated rings. The van der Waals surface area contributed by atoms with Crippen LogP contribution in [0.25, 0.3) is 11.5 Å². The highest BCUT2D eigenvalue weighted by Gasteiger charge is 2.14. The molecule has 0 amide bonds. The van der Waals surface area contributed by atoms with Crippen molar-refractivity contribution in [1.29, 1.82) is 0 Å². The summed E-state index contributed by atoms with van der Waals surface area (Å²) in [5.74, 6) is 0.497. The highest BCUT2D eigenvalue weighted by Crippen LogP contribution is 2.22. The van der Waals surface area contributed by atoms with Crippen molar-refractivity contribution < 1.29 is 8.81 Å². The first kappa shape index (κ1) is 17.0. The molecule has 0 spiro atoms. The van der Waals surface area contributed by atoms with Gasteiger partial charge in [0.2, 0.25) is 4.80 Å². The minimum atomic E-state index is -0.255. The Hall–Kier alpha value is -2.47. The normalized spacial score (nSPS) is 16.6. The number of hydrogen-bond donors (Lipinski definition) is 0. The van der Waals surface area contributed by atoms with Crippen LogP contribution in [-0.4, -0.2) is 16.9 Å². The second-order valence-electron chi connectivity index (χ2n) is 6.41. The molecule has 1 aromatic carbocycles.